The third-order valence-electron chi connectivity index (χ3n) is 4.82. The van der Waals surface area contributed by atoms with Gasteiger partial charge in [-0.1, -0.05) is 31.5 Å². The third-order valence-corrected chi connectivity index (χ3v) is 4.82. The standard InChI is InChI=1S/C23H27NO6/c1-14(2)22(16-6-8-19-20(12-16)29-10-4-9-28-19)24-21(26)13-30-23(27)17-11-15(3)5-7-18(17)25/h5-8,11-12,14,22,25H,4,9-10,13H2,1-3H3,(H,24,26). The first-order valence-electron chi connectivity index (χ1n) is 10.0. The number of rotatable bonds is 6. The molecule has 1 aliphatic rings. The molecule has 0 radical (unpaired) electrons. The van der Waals surface area contributed by atoms with E-state index in [-0.39, 0.29) is 23.3 Å². The van der Waals surface area contributed by atoms with Crippen LogP contribution in [0.5, 0.6) is 17.2 Å². The van der Waals surface area contributed by atoms with Crippen LogP contribution >= 0.6 is 0 Å². The molecule has 1 aliphatic heterocycles. The highest BCUT2D eigenvalue weighted by atomic mass is 16.5. The molecule has 0 bridgehead atoms. The molecule has 0 spiro atoms. The number of esters is 1. The van der Waals surface area contributed by atoms with Crippen LogP contribution in [0.15, 0.2) is 36.4 Å². The number of carbonyl (C=O) groups excluding carboxylic acids is 2. The van der Waals surface area contributed by atoms with Crippen molar-refractivity contribution in [3.05, 3.63) is 53.1 Å². The lowest BCUT2D eigenvalue weighted by Gasteiger charge is -2.24. The molecule has 0 saturated carbocycles. The molecule has 2 aromatic carbocycles. The smallest absolute Gasteiger partial charge is 0.342 e. The van der Waals surface area contributed by atoms with Crippen LogP contribution in [0.2, 0.25) is 0 Å². The fraction of sp³-hybridized carbons (Fsp3) is 0.391. The fourth-order valence-electron chi connectivity index (χ4n) is 3.25. The zero-order valence-corrected chi connectivity index (χ0v) is 17.4. The fourth-order valence-corrected chi connectivity index (χ4v) is 3.25. The van der Waals surface area contributed by atoms with Crippen LogP contribution < -0.4 is 14.8 Å². The van der Waals surface area contributed by atoms with Gasteiger partial charge in [0.1, 0.15) is 11.3 Å². The van der Waals surface area contributed by atoms with Crippen molar-refractivity contribution in [2.24, 2.45) is 5.92 Å². The molecule has 7 nitrogen and oxygen atoms in total. The number of hydrogen-bond donors (Lipinski definition) is 2. The predicted octanol–water partition coefficient (Wildman–Crippen LogP) is 3.53. The number of phenols is 1. The largest absolute Gasteiger partial charge is 0.507 e. The number of benzene rings is 2. The highest BCUT2D eigenvalue weighted by Gasteiger charge is 2.22. The first-order valence-corrected chi connectivity index (χ1v) is 10.0. The monoisotopic (exact) mass is 413 g/mol. The second-order valence-electron chi connectivity index (χ2n) is 7.64. The number of carbonyl (C=O) groups is 2. The molecule has 30 heavy (non-hydrogen) atoms. The molecule has 3 rings (SSSR count). The molecule has 2 aromatic rings. The number of fused-ring (bicyclic) bond motifs is 1. The minimum Gasteiger partial charge on any atom is -0.507 e. The Kier molecular flexibility index (Phi) is 6.82. The number of ether oxygens (including phenoxy) is 3. The van der Waals surface area contributed by atoms with Crippen LogP contribution in [-0.4, -0.2) is 36.8 Å². The predicted molar refractivity (Wildman–Crippen MR) is 111 cm³/mol. The maximum atomic E-state index is 12.5. The van der Waals surface area contributed by atoms with Gasteiger partial charge in [-0.25, -0.2) is 4.79 Å². The quantitative estimate of drug-likeness (QED) is 0.704. The van der Waals surface area contributed by atoms with Crippen LogP contribution in [-0.2, 0) is 9.53 Å². The summed E-state index contributed by atoms with van der Waals surface area (Å²) >= 11 is 0. The number of amides is 1. The average molecular weight is 413 g/mol. The van der Waals surface area contributed by atoms with Crippen LogP contribution in [0, 0.1) is 12.8 Å². The molecular formula is C23H27NO6. The van der Waals surface area contributed by atoms with Gasteiger partial charge in [0.2, 0.25) is 0 Å². The van der Waals surface area contributed by atoms with Crippen molar-refractivity contribution < 1.29 is 28.9 Å². The van der Waals surface area contributed by atoms with Gasteiger partial charge in [0, 0.05) is 6.42 Å². The summed E-state index contributed by atoms with van der Waals surface area (Å²) in [5.41, 5.74) is 1.72. The normalized spacial score (nSPS) is 14.0. The van der Waals surface area contributed by atoms with Gasteiger partial charge >= 0.3 is 5.97 Å². The molecular weight excluding hydrogens is 386 g/mol. The van der Waals surface area contributed by atoms with Gasteiger partial charge in [-0.15, -0.1) is 0 Å². The van der Waals surface area contributed by atoms with Gasteiger partial charge in [0.15, 0.2) is 18.1 Å². The second-order valence-corrected chi connectivity index (χ2v) is 7.64. The van der Waals surface area contributed by atoms with Crippen LogP contribution in [0.25, 0.3) is 0 Å². The maximum absolute atomic E-state index is 12.5. The zero-order chi connectivity index (χ0) is 21.7. The summed E-state index contributed by atoms with van der Waals surface area (Å²) in [7, 11) is 0. The second kappa shape index (κ2) is 9.52. The molecule has 1 amide bonds. The Morgan fingerprint density at radius 1 is 1.10 bits per heavy atom. The number of aromatic hydroxyl groups is 1. The molecule has 0 aliphatic carbocycles. The summed E-state index contributed by atoms with van der Waals surface area (Å²) in [6.07, 6.45) is 0.816. The highest BCUT2D eigenvalue weighted by Crippen LogP contribution is 2.34. The van der Waals surface area contributed by atoms with E-state index in [9.17, 15) is 14.7 Å². The number of aryl methyl sites for hydroxylation is 1. The van der Waals surface area contributed by atoms with Crippen molar-refractivity contribution in [1.29, 1.82) is 0 Å². The maximum Gasteiger partial charge on any atom is 0.342 e. The molecule has 1 unspecified atom stereocenters. The van der Waals surface area contributed by atoms with Gasteiger partial charge in [0.05, 0.1) is 19.3 Å². The zero-order valence-electron chi connectivity index (χ0n) is 17.4. The minimum absolute atomic E-state index is 0.0334. The molecule has 0 aromatic heterocycles. The van der Waals surface area contributed by atoms with Gasteiger partial charge in [-0.05, 0) is 42.7 Å². The SMILES string of the molecule is Cc1ccc(O)c(C(=O)OCC(=O)NC(c2ccc3c(c2)OCCCO3)C(C)C)c1. The molecule has 7 heteroatoms. The Hall–Kier alpha value is -3.22. The lowest BCUT2D eigenvalue weighted by Crippen LogP contribution is -2.35. The Balaban J connectivity index is 1.65. The van der Waals surface area contributed by atoms with Crippen molar-refractivity contribution in [3.8, 4) is 17.2 Å². The first kappa shape index (κ1) is 21.5. The van der Waals surface area contributed by atoms with E-state index in [2.05, 4.69) is 5.32 Å². The van der Waals surface area contributed by atoms with Crippen molar-refractivity contribution >= 4 is 11.9 Å². The highest BCUT2D eigenvalue weighted by molar-refractivity contribution is 5.94. The summed E-state index contributed by atoms with van der Waals surface area (Å²) in [5, 5.41) is 12.7. The van der Waals surface area contributed by atoms with E-state index in [1.165, 1.54) is 12.1 Å². The minimum atomic E-state index is -0.747. The molecule has 0 fully saturated rings. The van der Waals surface area contributed by atoms with E-state index in [1.54, 1.807) is 13.0 Å². The van der Waals surface area contributed by atoms with Gasteiger partial charge in [-0.3, -0.25) is 4.79 Å². The van der Waals surface area contributed by atoms with Crippen LogP contribution in [0.4, 0.5) is 0 Å². The Bertz CT molecular complexity index is 924. The van der Waals surface area contributed by atoms with Gasteiger partial charge in [-0.2, -0.15) is 0 Å². The van der Waals surface area contributed by atoms with E-state index in [0.717, 1.165) is 17.5 Å². The molecule has 1 atom stereocenters. The first-order chi connectivity index (χ1) is 14.3. The Morgan fingerprint density at radius 2 is 1.83 bits per heavy atom. The van der Waals surface area contributed by atoms with Crippen molar-refractivity contribution in [2.75, 3.05) is 19.8 Å². The molecule has 0 saturated heterocycles. The van der Waals surface area contributed by atoms with Gasteiger partial charge in [0.25, 0.3) is 5.91 Å². The lowest BCUT2D eigenvalue weighted by atomic mass is 9.95. The van der Waals surface area contributed by atoms with Gasteiger partial charge < -0.3 is 24.6 Å². The summed E-state index contributed by atoms with van der Waals surface area (Å²) in [5.74, 6) is 0.0843. The van der Waals surface area contributed by atoms with Crippen LogP contribution in [0.3, 0.4) is 0 Å². The van der Waals surface area contributed by atoms with E-state index in [0.29, 0.717) is 24.7 Å². The lowest BCUT2D eigenvalue weighted by molar-refractivity contribution is -0.125. The third kappa shape index (κ3) is 5.23. The summed E-state index contributed by atoms with van der Waals surface area (Å²) in [6.45, 7) is 6.52. The van der Waals surface area contributed by atoms with Crippen molar-refractivity contribution in [2.45, 2.75) is 33.2 Å². The van der Waals surface area contributed by atoms with E-state index in [1.807, 2.05) is 32.0 Å². The number of hydrogen-bond acceptors (Lipinski definition) is 6. The summed E-state index contributed by atoms with van der Waals surface area (Å²) in [4.78, 5) is 24.7. The van der Waals surface area contributed by atoms with E-state index < -0.39 is 18.5 Å². The topological polar surface area (TPSA) is 94.1 Å². The summed E-state index contributed by atoms with van der Waals surface area (Å²) < 4.78 is 16.5. The Morgan fingerprint density at radius 3 is 2.57 bits per heavy atom. The molecule has 160 valence electrons. The average Bonchev–Trinajstić information content (AvgIpc) is 2.96. The number of nitrogens with one attached hydrogen (secondary N) is 1. The number of phenolic OH excluding ortho intramolecular Hbond substituents is 1. The van der Waals surface area contributed by atoms with Crippen molar-refractivity contribution in [3.63, 3.8) is 0 Å². The van der Waals surface area contributed by atoms with E-state index in [4.69, 9.17) is 14.2 Å². The molecule has 1 heterocycles. The van der Waals surface area contributed by atoms with E-state index >= 15 is 0 Å². The Labute approximate surface area is 176 Å². The molecule has 2 N–H and O–H groups in total. The summed E-state index contributed by atoms with van der Waals surface area (Å²) in [6, 6.07) is 9.95. The van der Waals surface area contributed by atoms with Crippen LogP contribution in [0.1, 0.15) is 47.8 Å². The van der Waals surface area contributed by atoms with Crippen molar-refractivity contribution in [1.82, 2.24) is 5.32 Å².